The topological polar surface area (TPSA) is 63.9 Å². The molecule has 1 N–H and O–H groups in total. The summed E-state index contributed by atoms with van der Waals surface area (Å²) in [4.78, 5) is 6.79. The van der Waals surface area contributed by atoms with Crippen LogP contribution in [0.1, 0.15) is 36.2 Å². The van der Waals surface area contributed by atoms with Gasteiger partial charge in [-0.3, -0.25) is 9.67 Å². The smallest absolute Gasteiger partial charge is 0.193 e. The van der Waals surface area contributed by atoms with Gasteiger partial charge in [-0.05, 0) is 45.1 Å². The summed E-state index contributed by atoms with van der Waals surface area (Å²) in [5.74, 6) is 0.988. The highest BCUT2D eigenvalue weighted by Crippen LogP contribution is 2.15. The number of aliphatic imine (C=N–C) groups is 1. The summed E-state index contributed by atoms with van der Waals surface area (Å²) in [7, 11) is 5.59. The van der Waals surface area contributed by atoms with Crippen LogP contribution >= 0.6 is 0 Å². The highest BCUT2D eigenvalue weighted by Gasteiger charge is 2.21. The van der Waals surface area contributed by atoms with Gasteiger partial charge in [0.25, 0.3) is 0 Å². The van der Waals surface area contributed by atoms with Crippen LogP contribution in [-0.4, -0.2) is 73.7 Å². The van der Waals surface area contributed by atoms with E-state index in [1.807, 2.05) is 18.8 Å². The molecule has 7 nitrogen and oxygen atoms in total. The number of likely N-dealkylation sites (tertiary alicyclic amines) is 1. The number of piperidine rings is 1. The van der Waals surface area contributed by atoms with Gasteiger partial charge in [0.1, 0.15) is 0 Å². The van der Waals surface area contributed by atoms with Crippen molar-refractivity contribution in [1.82, 2.24) is 20.0 Å². The maximum Gasteiger partial charge on any atom is 0.193 e. The third kappa shape index (κ3) is 5.71. The average Bonchev–Trinajstić information content (AvgIpc) is 2.89. The molecule has 0 aromatic carbocycles. The molecule has 0 amide bonds. The first-order chi connectivity index (χ1) is 12.6. The van der Waals surface area contributed by atoms with Gasteiger partial charge in [-0.25, -0.2) is 0 Å². The molecule has 1 aliphatic rings. The van der Waals surface area contributed by atoms with Gasteiger partial charge in [0, 0.05) is 59.7 Å². The Hall–Kier alpha value is -1.60. The number of aromatic nitrogens is 2. The Morgan fingerprint density at radius 3 is 2.58 bits per heavy atom. The Morgan fingerprint density at radius 1 is 1.27 bits per heavy atom. The zero-order valence-electron chi connectivity index (χ0n) is 17.0. The monoisotopic (exact) mass is 365 g/mol. The SMILES string of the molecule is CN=C(NCCc1c(C)nn(C)c1C)N1CCC(OCCCOC)CC1. The molecule has 1 saturated heterocycles. The van der Waals surface area contributed by atoms with Crippen LogP contribution in [0.3, 0.4) is 0 Å². The molecule has 1 aromatic rings. The molecule has 2 rings (SSSR count). The highest BCUT2D eigenvalue weighted by molar-refractivity contribution is 5.80. The first-order valence-electron chi connectivity index (χ1n) is 9.62. The lowest BCUT2D eigenvalue weighted by Crippen LogP contribution is -2.47. The molecule has 0 aliphatic carbocycles. The Labute approximate surface area is 157 Å². The van der Waals surface area contributed by atoms with Gasteiger partial charge in [0.15, 0.2) is 5.96 Å². The van der Waals surface area contributed by atoms with Crippen LogP contribution in [-0.2, 0) is 22.9 Å². The van der Waals surface area contributed by atoms with E-state index < -0.39 is 0 Å². The number of nitrogens with one attached hydrogen (secondary N) is 1. The van der Waals surface area contributed by atoms with Crippen molar-refractivity contribution in [2.45, 2.75) is 45.6 Å². The van der Waals surface area contributed by atoms with Gasteiger partial charge >= 0.3 is 0 Å². The zero-order valence-corrected chi connectivity index (χ0v) is 17.0. The number of nitrogens with zero attached hydrogens (tertiary/aromatic N) is 4. The van der Waals surface area contributed by atoms with Crippen LogP contribution in [0.4, 0.5) is 0 Å². The number of hydrogen-bond acceptors (Lipinski definition) is 4. The lowest BCUT2D eigenvalue weighted by Gasteiger charge is -2.34. The van der Waals surface area contributed by atoms with E-state index in [0.29, 0.717) is 6.10 Å². The normalized spacial score (nSPS) is 16.3. The van der Waals surface area contributed by atoms with E-state index in [4.69, 9.17) is 9.47 Å². The van der Waals surface area contributed by atoms with Crippen molar-refractivity contribution in [2.75, 3.05) is 47.0 Å². The molecule has 1 aliphatic heterocycles. The van der Waals surface area contributed by atoms with Crippen molar-refractivity contribution in [3.63, 3.8) is 0 Å². The predicted molar refractivity (Wildman–Crippen MR) is 105 cm³/mol. The molecule has 7 heteroatoms. The van der Waals surface area contributed by atoms with Gasteiger partial charge in [-0.2, -0.15) is 5.10 Å². The van der Waals surface area contributed by atoms with E-state index in [1.165, 1.54) is 11.3 Å². The second-order valence-corrected chi connectivity index (χ2v) is 6.90. The summed E-state index contributed by atoms with van der Waals surface area (Å²) >= 11 is 0. The summed E-state index contributed by atoms with van der Waals surface area (Å²) in [6, 6.07) is 0. The molecule has 0 unspecified atom stereocenters. The Balaban J connectivity index is 1.72. The number of guanidine groups is 1. The fourth-order valence-electron chi connectivity index (χ4n) is 3.50. The summed E-state index contributed by atoms with van der Waals surface area (Å²) in [6.45, 7) is 8.60. The second kappa shape index (κ2) is 10.5. The molecular weight excluding hydrogens is 330 g/mol. The quantitative estimate of drug-likeness (QED) is 0.431. The molecule has 1 fully saturated rings. The van der Waals surface area contributed by atoms with Crippen molar-refractivity contribution in [2.24, 2.45) is 12.0 Å². The highest BCUT2D eigenvalue weighted by atomic mass is 16.5. The molecule has 0 saturated carbocycles. The molecule has 148 valence electrons. The lowest BCUT2D eigenvalue weighted by molar-refractivity contribution is 0.00992. The van der Waals surface area contributed by atoms with Gasteiger partial charge in [0.05, 0.1) is 11.8 Å². The summed E-state index contributed by atoms with van der Waals surface area (Å²) in [5, 5.41) is 8.00. The Kier molecular flexibility index (Phi) is 8.38. The van der Waals surface area contributed by atoms with Gasteiger partial charge in [-0.1, -0.05) is 0 Å². The molecule has 26 heavy (non-hydrogen) atoms. The van der Waals surface area contributed by atoms with Crippen molar-refractivity contribution in [1.29, 1.82) is 0 Å². The molecule has 0 radical (unpaired) electrons. The van der Waals surface area contributed by atoms with Crippen LogP contribution in [0.2, 0.25) is 0 Å². The summed E-state index contributed by atoms with van der Waals surface area (Å²) < 4.78 is 13.0. The lowest BCUT2D eigenvalue weighted by atomic mass is 10.1. The van der Waals surface area contributed by atoms with Crippen LogP contribution in [0.5, 0.6) is 0 Å². The number of hydrogen-bond donors (Lipinski definition) is 1. The van der Waals surface area contributed by atoms with Gasteiger partial charge in [0.2, 0.25) is 0 Å². The van der Waals surface area contributed by atoms with Crippen LogP contribution in [0, 0.1) is 13.8 Å². The van der Waals surface area contributed by atoms with Gasteiger partial charge in [-0.15, -0.1) is 0 Å². The van der Waals surface area contributed by atoms with Crippen molar-refractivity contribution in [3.05, 3.63) is 17.0 Å². The second-order valence-electron chi connectivity index (χ2n) is 6.90. The zero-order chi connectivity index (χ0) is 18.9. The number of rotatable bonds is 8. The van der Waals surface area contributed by atoms with E-state index >= 15 is 0 Å². The number of methoxy groups -OCH3 is 1. The fourth-order valence-corrected chi connectivity index (χ4v) is 3.50. The van der Waals surface area contributed by atoms with E-state index in [-0.39, 0.29) is 0 Å². The molecule has 0 spiro atoms. The molecular formula is C19H35N5O2. The van der Waals surface area contributed by atoms with Crippen molar-refractivity contribution < 1.29 is 9.47 Å². The minimum absolute atomic E-state index is 0.363. The summed E-state index contributed by atoms with van der Waals surface area (Å²) in [6.07, 6.45) is 4.39. The molecule has 2 heterocycles. The minimum atomic E-state index is 0.363. The maximum atomic E-state index is 5.94. The fraction of sp³-hybridized carbons (Fsp3) is 0.789. The number of aryl methyl sites for hydroxylation is 2. The maximum absolute atomic E-state index is 5.94. The van der Waals surface area contributed by atoms with Crippen LogP contribution in [0.25, 0.3) is 0 Å². The Bertz CT molecular complexity index is 577. The third-order valence-electron chi connectivity index (χ3n) is 5.12. The summed E-state index contributed by atoms with van der Waals surface area (Å²) in [5.41, 5.74) is 3.69. The molecule has 1 aromatic heterocycles. The van der Waals surface area contributed by atoms with Crippen molar-refractivity contribution >= 4 is 5.96 Å². The Morgan fingerprint density at radius 2 is 2.00 bits per heavy atom. The predicted octanol–water partition coefficient (Wildman–Crippen LogP) is 1.67. The minimum Gasteiger partial charge on any atom is -0.385 e. The standard InChI is InChI=1S/C19H35N5O2/c1-15-18(16(2)23(4)22-15)7-10-21-19(20-3)24-11-8-17(9-12-24)26-14-6-13-25-5/h17H,6-14H2,1-5H3,(H,20,21). The molecule has 0 atom stereocenters. The van der Waals surface area contributed by atoms with E-state index in [0.717, 1.165) is 70.2 Å². The van der Waals surface area contributed by atoms with Crippen LogP contribution < -0.4 is 5.32 Å². The van der Waals surface area contributed by atoms with E-state index in [1.54, 1.807) is 7.11 Å². The van der Waals surface area contributed by atoms with Gasteiger partial charge < -0.3 is 19.7 Å². The third-order valence-corrected chi connectivity index (χ3v) is 5.12. The number of ether oxygens (including phenoxy) is 2. The largest absolute Gasteiger partial charge is 0.385 e. The van der Waals surface area contributed by atoms with E-state index in [9.17, 15) is 0 Å². The molecule has 0 bridgehead atoms. The first kappa shape index (κ1) is 20.7. The van der Waals surface area contributed by atoms with Crippen molar-refractivity contribution in [3.8, 4) is 0 Å². The average molecular weight is 366 g/mol. The first-order valence-corrected chi connectivity index (χ1v) is 9.62. The van der Waals surface area contributed by atoms with E-state index in [2.05, 4.69) is 34.2 Å². The van der Waals surface area contributed by atoms with Crippen LogP contribution in [0.15, 0.2) is 4.99 Å².